The molecule has 2 aliphatic rings. The van der Waals surface area contributed by atoms with Crippen LogP contribution < -0.4 is 5.56 Å². The highest BCUT2D eigenvalue weighted by Gasteiger charge is 2.25. The number of fused-ring (bicyclic) bond motifs is 1. The molecule has 4 rings (SSSR count). The molecule has 2 aromatic rings. The topological polar surface area (TPSA) is 49.0 Å². The molecule has 1 N–H and O–H groups in total. The third-order valence-corrected chi connectivity index (χ3v) is 5.96. The first kappa shape index (κ1) is 17.7. The second kappa shape index (κ2) is 7.49. The first-order chi connectivity index (χ1) is 12.6. The maximum Gasteiger partial charge on any atom is 0.255 e. The summed E-state index contributed by atoms with van der Waals surface area (Å²) in [4.78, 5) is 22.5. The minimum absolute atomic E-state index is 0.0418. The number of nitrogens with zero attached hydrogens (tertiary/aromatic N) is 2. The van der Waals surface area contributed by atoms with E-state index in [0.29, 0.717) is 41.6 Å². The van der Waals surface area contributed by atoms with E-state index in [1.807, 2.05) is 0 Å². The average molecular weight is 376 g/mol. The number of rotatable bonds is 3. The Bertz CT molecular complexity index is 840. The second-order valence-electron chi connectivity index (χ2n) is 7.37. The van der Waals surface area contributed by atoms with Gasteiger partial charge in [-0.3, -0.25) is 9.69 Å². The van der Waals surface area contributed by atoms with Gasteiger partial charge in [-0.2, -0.15) is 0 Å². The molecule has 1 aromatic carbocycles. The number of nitrogens with one attached hydrogen (secondary N) is 1. The third kappa shape index (κ3) is 3.55. The summed E-state index contributed by atoms with van der Waals surface area (Å²) >= 11 is 6.14. The summed E-state index contributed by atoms with van der Waals surface area (Å²) in [5.41, 5.74) is 2.06. The summed E-state index contributed by atoms with van der Waals surface area (Å²) in [6, 6.07) is 4.72. The van der Waals surface area contributed by atoms with Crippen molar-refractivity contribution >= 4 is 11.6 Å². The van der Waals surface area contributed by atoms with Crippen molar-refractivity contribution in [3.8, 4) is 0 Å². The number of halogens is 2. The van der Waals surface area contributed by atoms with Crippen molar-refractivity contribution in [1.29, 1.82) is 0 Å². The molecule has 0 radical (unpaired) electrons. The summed E-state index contributed by atoms with van der Waals surface area (Å²) in [5.74, 6) is 0.944. The Labute approximate surface area is 157 Å². The van der Waals surface area contributed by atoms with E-state index in [4.69, 9.17) is 16.6 Å². The van der Waals surface area contributed by atoms with Gasteiger partial charge in [0.2, 0.25) is 0 Å². The maximum atomic E-state index is 14.0. The van der Waals surface area contributed by atoms with E-state index >= 15 is 0 Å². The van der Waals surface area contributed by atoms with E-state index in [0.717, 1.165) is 30.9 Å². The summed E-state index contributed by atoms with van der Waals surface area (Å²) in [6.07, 6.45) is 6.63. The molecule has 26 heavy (non-hydrogen) atoms. The summed E-state index contributed by atoms with van der Waals surface area (Å²) in [5, 5.41) is 0.426. The monoisotopic (exact) mass is 375 g/mol. The van der Waals surface area contributed by atoms with Crippen molar-refractivity contribution in [3.05, 3.63) is 62.0 Å². The summed E-state index contributed by atoms with van der Waals surface area (Å²) in [6.45, 7) is 1.63. The minimum atomic E-state index is -0.303. The van der Waals surface area contributed by atoms with E-state index in [1.54, 1.807) is 12.1 Å². The van der Waals surface area contributed by atoms with Crippen LogP contribution in [0.3, 0.4) is 0 Å². The fraction of sp³-hybridized carbons (Fsp3) is 0.500. The van der Waals surface area contributed by atoms with Crippen LogP contribution in [0.5, 0.6) is 0 Å². The van der Waals surface area contributed by atoms with E-state index in [9.17, 15) is 9.18 Å². The van der Waals surface area contributed by atoms with Crippen LogP contribution >= 0.6 is 11.6 Å². The van der Waals surface area contributed by atoms with Gasteiger partial charge in [0, 0.05) is 42.6 Å². The predicted molar refractivity (Wildman–Crippen MR) is 99.9 cm³/mol. The van der Waals surface area contributed by atoms with E-state index in [-0.39, 0.29) is 11.4 Å². The Hall–Kier alpha value is -1.72. The highest BCUT2D eigenvalue weighted by atomic mass is 35.5. The molecule has 1 aliphatic heterocycles. The first-order valence-electron chi connectivity index (χ1n) is 9.39. The zero-order valence-corrected chi connectivity index (χ0v) is 15.5. The molecule has 1 fully saturated rings. The van der Waals surface area contributed by atoms with Gasteiger partial charge in [0.15, 0.2) is 0 Å². The molecule has 0 amide bonds. The van der Waals surface area contributed by atoms with Gasteiger partial charge in [0.1, 0.15) is 11.6 Å². The first-order valence-corrected chi connectivity index (χ1v) is 9.77. The standard InChI is InChI=1S/C20H23ClFN3O/c21-16-7-4-8-17(22)14(16)11-25-10-9-18-15(12-25)20(26)24-19(23-18)13-5-2-1-3-6-13/h4,7-8,13H,1-3,5-6,9-12H2,(H,23,24,26). The normalized spacial score (nSPS) is 18.7. The van der Waals surface area contributed by atoms with Gasteiger partial charge in [-0.25, -0.2) is 9.37 Å². The van der Waals surface area contributed by atoms with E-state index in [1.165, 1.54) is 25.3 Å². The lowest BCUT2D eigenvalue weighted by molar-refractivity contribution is 0.238. The highest BCUT2D eigenvalue weighted by molar-refractivity contribution is 6.31. The molecule has 1 saturated carbocycles. The average Bonchev–Trinajstić information content (AvgIpc) is 2.66. The lowest BCUT2D eigenvalue weighted by atomic mass is 9.88. The number of benzene rings is 1. The Balaban J connectivity index is 1.54. The number of hydrogen-bond acceptors (Lipinski definition) is 3. The molecule has 138 valence electrons. The van der Waals surface area contributed by atoms with Gasteiger partial charge >= 0.3 is 0 Å². The zero-order valence-electron chi connectivity index (χ0n) is 14.7. The second-order valence-corrected chi connectivity index (χ2v) is 7.78. The quantitative estimate of drug-likeness (QED) is 0.875. The molecule has 0 spiro atoms. The highest BCUT2D eigenvalue weighted by Crippen LogP contribution is 2.31. The maximum absolute atomic E-state index is 14.0. The Morgan fingerprint density at radius 3 is 2.85 bits per heavy atom. The minimum Gasteiger partial charge on any atom is -0.310 e. The number of aromatic amines is 1. The van der Waals surface area contributed by atoms with Crippen LogP contribution in [0.15, 0.2) is 23.0 Å². The zero-order chi connectivity index (χ0) is 18.1. The largest absolute Gasteiger partial charge is 0.310 e. The van der Waals surface area contributed by atoms with Crippen LogP contribution in [0.2, 0.25) is 5.02 Å². The van der Waals surface area contributed by atoms with Gasteiger partial charge in [-0.1, -0.05) is 36.9 Å². The van der Waals surface area contributed by atoms with E-state index in [2.05, 4.69) is 9.88 Å². The van der Waals surface area contributed by atoms with E-state index < -0.39 is 0 Å². The number of aromatic nitrogens is 2. The summed E-state index contributed by atoms with van der Waals surface area (Å²) < 4.78 is 14.0. The molecule has 1 aromatic heterocycles. The van der Waals surface area contributed by atoms with Crippen LogP contribution in [-0.4, -0.2) is 21.4 Å². The molecule has 1 aliphatic carbocycles. The fourth-order valence-electron chi connectivity index (χ4n) is 4.11. The van der Waals surface area contributed by atoms with Crippen LogP contribution in [0.25, 0.3) is 0 Å². The Kier molecular flexibility index (Phi) is 5.09. The molecule has 0 bridgehead atoms. The molecule has 0 saturated heterocycles. The van der Waals surface area contributed by atoms with Crippen LogP contribution in [0, 0.1) is 5.82 Å². The molecule has 4 nitrogen and oxygen atoms in total. The van der Waals surface area contributed by atoms with Crippen molar-refractivity contribution in [2.24, 2.45) is 0 Å². The third-order valence-electron chi connectivity index (χ3n) is 5.60. The van der Waals surface area contributed by atoms with Crippen molar-refractivity contribution < 1.29 is 4.39 Å². The SMILES string of the molecule is O=c1[nH]c(C2CCCCC2)nc2c1CN(Cc1c(F)cccc1Cl)CC2. The van der Waals surface area contributed by atoms with Crippen LogP contribution in [-0.2, 0) is 19.5 Å². The lowest BCUT2D eigenvalue weighted by Gasteiger charge is -2.29. The van der Waals surface area contributed by atoms with Crippen molar-refractivity contribution in [1.82, 2.24) is 14.9 Å². The van der Waals surface area contributed by atoms with Crippen molar-refractivity contribution in [3.63, 3.8) is 0 Å². The number of hydrogen-bond donors (Lipinski definition) is 1. The lowest BCUT2D eigenvalue weighted by Crippen LogP contribution is -2.36. The summed E-state index contributed by atoms with van der Waals surface area (Å²) in [7, 11) is 0. The fourth-order valence-corrected chi connectivity index (χ4v) is 4.33. The van der Waals surface area contributed by atoms with Crippen LogP contribution in [0.1, 0.15) is 60.7 Å². The number of H-pyrrole nitrogens is 1. The molecular formula is C20H23ClFN3O. The van der Waals surface area contributed by atoms with Crippen LogP contribution in [0.4, 0.5) is 4.39 Å². The van der Waals surface area contributed by atoms with Crippen molar-refractivity contribution in [2.75, 3.05) is 6.54 Å². The Morgan fingerprint density at radius 1 is 1.27 bits per heavy atom. The molecular weight excluding hydrogens is 353 g/mol. The Morgan fingerprint density at radius 2 is 2.08 bits per heavy atom. The van der Waals surface area contributed by atoms with Gasteiger partial charge in [-0.05, 0) is 25.0 Å². The van der Waals surface area contributed by atoms with Gasteiger partial charge in [-0.15, -0.1) is 0 Å². The molecule has 0 atom stereocenters. The smallest absolute Gasteiger partial charge is 0.255 e. The molecule has 0 unspecified atom stereocenters. The molecule has 6 heteroatoms. The molecule has 2 heterocycles. The van der Waals surface area contributed by atoms with Gasteiger partial charge < -0.3 is 4.98 Å². The van der Waals surface area contributed by atoms with Gasteiger partial charge in [0.25, 0.3) is 5.56 Å². The van der Waals surface area contributed by atoms with Crippen molar-refractivity contribution in [2.45, 2.75) is 57.5 Å². The van der Waals surface area contributed by atoms with Gasteiger partial charge in [0.05, 0.1) is 11.3 Å². The predicted octanol–water partition coefficient (Wildman–Crippen LogP) is 4.17.